The van der Waals surface area contributed by atoms with Crippen molar-refractivity contribution >= 4 is 0 Å². The Morgan fingerprint density at radius 1 is 0.850 bits per heavy atom. The Bertz CT molecular complexity index is 533. The maximum absolute atomic E-state index is 5.48. The summed E-state index contributed by atoms with van der Waals surface area (Å²) in [5.41, 5.74) is 4.05. The molecule has 1 fully saturated rings. The van der Waals surface area contributed by atoms with Crippen molar-refractivity contribution in [1.29, 1.82) is 0 Å². The normalized spacial score (nSPS) is 15.4. The Morgan fingerprint density at radius 3 is 1.95 bits per heavy atom. The molecule has 0 amide bonds. The minimum Gasteiger partial charge on any atom is -0.494 e. The van der Waals surface area contributed by atoms with Crippen LogP contribution < -0.4 is 4.74 Å². The molecule has 1 aliphatic carbocycles. The molecule has 0 bridgehead atoms. The molecular weight excluding hydrogens is 244 g/mol. The highest BCUT2D eigenvalue weighted by Crippen LogP contribution is 2.35. The van der Waals surface area contributed by atoms with Gasteiger partial charge in [0.05, 0.1) is 6.61 Å². The van der Waals surface area contributed by atoms with Gasteiger partial charge in [-0.3, -0.25) is 0 Å². The van der Waals surface area contributed by atoms with Crippen molar-refractivity contribution in [2.75, 3.05) is 6.61 Å². The molecule has 0 saturated heterocycles. The molecule has 104 valence electrons. The van der Waals surface area contributed by atoms with E-state index in [9.17, 15) is 0 Å². The van der Waals surface area contributed by atoms with Crippen LogP contribution in [0.2, 0.25) is 0 Å². The summed E-state index contributed by atoms with van der Waals surface area (Å²) in [6.45, 7) is 2.73. The second kappa shape index (κ2) is 6.13. The summed E-state index contributed by atoms with van der Waals surface area (Å²) in [6.07, 6.45) is 5.52. The molecule has 3 rings (SSSR count). The second-order valence-electron chi connectivity index (χ2n) is 5.56. The lowest BCUT2D eigenvalue weighted by molar-refractivity contribution is 0.340. The van der Waals surface area contributed by atoms with Crippen LogP contribution in [0.5, 0.6) is 5.75 Å². The summed E-state index contributed by atoms with van der Waals surface area (Å²) in [5, 5.41) is 0. The molecule has 0 radical (unpaired) electrons. The van der Waals surface area contributed by atoms with E-state index in [1.54, 1.807) is 0 Å². The molecular formula is C19H22O. The lowest BCUT2D eigenvalue weighted by atomic mass is 9.95. The SMILES string of the molecule is CCOc1ccc(-c2ccc(C3CCCC3)cc2)cc1. The molecule has 1 nitrogen and oxygen atoms in total. The minimum absolute atomic E-state index is 0.718. The first kappa shape index (κ1) is 13.2. The average molecular weight is 266 g/mol. The van der Waals surface area contributed by atoms with E-state index < -0.39 is 0 Å². The lowest BCUT2D eigenvalue weighted by Gasteiger charge is -2.10. The fraction of sp³-hybridized carbons (Fsp3) is 0.368. The fourth-order valence-electron chi connectivity index (χ4n) is 3.12. The first-order chi connectivity index (χ1) is 9.86. The van der Waals surface area contributed by atoms with Gasteiger partial charge < -0.3 is 4.74 Å². The van der Waals surface area contributed by atoms with Crippen molar-refractivity contribution in [3.05, 3.63) is 54.1 Å². The third kappa shape index (κ3) is 2.87. The van der Waals surface area contributed by atoms with Crippen molar-refractivity contribution in [2.45, 2.75) is 38.5 Å². The van der Waals surface area contributed by atoms with Crippen LogP contribution >= 0.6 is 0 Å². The summed E-state index contributed by atoms with van der Waals surface area (Å²) in [5.74, 6) is 1.74. The fourth-order valence-corrected chi connectivity index (χ4v) is 3.12. The Hall–Kier alpha value is -1.76. The predicted molar refractivity (Wildman–Crippen MR) is 84.3 cm³/mol. The molecule has 20 heavy (non-hydrogen) atoms. The molecule has 0 aliphatic heterocycles. The van der Waals surface area contributed by atoms with Gasteiger partial charge in [-0.05, 0) is 54.5 Å². The lowest BCUT2D eigenvalue weighted by Crippen LogP contribution is -1.92. The van der Waals surface area contributed by atoms with Gasteiger partial charge in [0.25, 0.3) is 0 Å². The third-order valence-corrected chi connectivity index (χ3v) is 4.24. The van der Waals surface area contributed by atoms with Crippen LogP contribution in [0.25, 0.3) is 11.1 Å². The number of rotatable bonds is 4. The van der Waals surface area contributed by atoms with Gasteiger partial charge in [0.2, 0.25) is 0 Å². The molecule has 1 heteroatoms. The molecule has 2 aromatic carbocycles. The highest BCUT2D eigenvalue weighted by Gasteiger charge is 2.16. The summed E-state index contributed by atoms with van der Waals surface area (Å²) in [4.78, 5) is 0. The summed E-state index contributed by atoms with van der Waals surface area (Å²) >= 11 is 0. The zero-order valence-corrected chi connectivity index (χ0v) is 12.1. The van der Waals surface area contributed by atoms with Crippen LogP contribution in [0, 0.1) is 0 Å². The van der Waals surface area contributed by atoms with E-state index in [1.807, 2.05) is 19.1 Å². The zero-order chi connectivity index (χ0) is 13.8. The first-order valence-corrected chi connectivity index (χ1v) is 7.70. The van der Waals surface area contributed by atoms with Crippen LogP contribution in [-0.4, -0.2) is 6.61 Å². The van der Waals surface area contributed by atoms with Crippen LogP contribution in [0.4, 0.5) is 0 Å². The molecule has 0 heterocycles. The molecule has 0 N–H and O–H groups in total. The van der Waals surface area contributed by atoms with Crippen LogP contribution in [0.15, 0.2) is 48.5 Å². The predicted octanol–water partition coefficient (Wildman–Crippen LogP) is 5.41. The van der Waals surface area contributed by atoms with Crippen LogP contribution in [0.3, 0.4) is 0 Å². The third-order valence-electron chi connectivity index (χ3n) is 4.24. The second-order valence-corrected chi connectivity index (χ2v) is 5.56. The Kier molecular flexibility index (Phi) is 4.05. The van der Waals surface area contributed by atoms with Gasteiger partial charge in [0, 0.05) is 0 Å². The summed E-state index contributed by atoms with van der Waals surface area (Å²) in [6, 6.07) is 17.5. The maximum atomic E-state index is 5.48. The largest absolute Gasteiger partial charge is 0.494 e. The van der Waals surface area contributed by atoms with E-state index in [0.717, 1.165) is 18.3 Å². The number of ether oxygens (including phenoxy) is 1. The van der Waals surface area contributed by atoms with Gasteiger partial charge in [0.15, 0.2) is 0 Å². The van der Waals surface area contributed by atoms with Gasteiger partial charge in [-0.2, -0.15) is 0 Å². The maximum Gasteiger partial charge on any atom is 0.119 e. The molecule has 1 saturated carbocycles. The van der Waals surface area contributed by atoms with Crippen molar-refractivity contribution in [2.24, 2.45) is 0 Å². The Balaban J connectivity index is 1.76. The van der Waals surface area contributed by atoms with E-state index in [-0.39, 0.29) is 0 Å². The smallest absolute Gasteiger partial charge is 0.119 e. The van der Waals surface area contributed by atoms with Gasteiger partial charge in [-0.1, -0.05) is 49.2 Å². The Morgan fingerprint density at radius 2 is 1.40 bits per heavy atom. The standard InChI is InChI=1S/C19H22O/c1-2-20-19-13-11-18(12-14-19)17-9-7-16(8-10-17)15-5-3-4-6-15/h7-15H,2-6H2,1H3. The van der Waals surface area contributed by atoms with E-state index in [1.165, 1.54) is 42.4 Å². The Labute approximate surface area is 121 Å². The minimum atomic E-state index is 0.718. The van der Waals surface area contributed by atoms with Crippen LogP contribution in [-0.2, 0) is 0 Å². The molecule has 1 aliphatic rings. The quantitative estimate of drug-likeness (QED) is 0.719. The summed E-state index contributed by atoms with van der Waals surface area (Å²) in [7, 11) is 0. The van der Waals surface area contributed by atoms with E-state index in [4.69, 9.17) is 4.74 Å². The van der Waals surface area contributed by atoms with E-state index in [2.05, 4.69) is 36.4 Å². The van der Waals surface area contributed by atoms with Gasteiger partial charge in [-0.25, -0.2) is 0 Å². The topological polar surface area (TPSA) is 9.23 Å². The van der Waals surface area contributed by atoms with E-state index >= 15 is 0 Å². The highest BCUT2D eigenvalue weighted by molar-refractivity contribution is 5.64. The van der Waals surface area contributed by atoms with Crippen molar-refractivity contribution < 1.29 is 4.74 Å². The number of hydrogen-bond acceptors (Lipinski definition) is 1. The number of hydrogen-bond donors (Lipinski definition) is 0. The van der Waals surface area contributed by atoms with Crippen molar-refractivity contribution in [3.8, 4) is 16.9 Å². The monoisotopic (exact) mass is 266 g/mol. The van der Waals surface area contributed by atoms with Gasteiger partial charge in [0.1, 0.15) is 5.75 Å². The van der Waals surface area contributed by atoms with E-state index in [0.29, 0.717) is 0 Å². The molecule has 0 aromatic heterocycles. The molecule has 0 unspecified atom stereocenters. The number of benzene rings is 2. The van der Waals surface area contributed by atoms with Gasteiger partial charge in [-0.15, -0.1) is 0 Å². The molecule has 0 atom stereocenters. The van der Waals surface area contributed by atoms with Crippen LogP contribution in [0.1, 0.15) is 44.1 Å². The van der Waals surface area contributed by atoms with Crippen molar-refractivity contribution in [1.82, 2.24) is 0 Å². The highest BCUT2D eigenvalue weighted by atomic mass is 16.5. The summed E-state index contributed by atoms with van der Waals surface area (Å²) < 4.78 is 5.48. The molecule has 2 aromatic rings. The average Bonchev–Trinajstić information content (AvgIpc) is 3.03. The first-order valence-electron chi connectivity index (χ1n) is 7.70. The van der Waals surface area contributed by atoms with Crippen molar-refractivity contribution in [3.63, 3.8) is 0 Å². The zero-order valence-electron chi connectivity index (χ0n) is 12.1. The molecule has 0 spiro atoms. The van der Waals surface area contributed by atoms with Gasteiger partial charge >= 0.3 is 0 Å².